The molecule has 4 heteroatoms. The summed E-state index contributed by atoms with van der Waals surface area (Å²) in [6, 6.07) is 6.90. The zero-order valence-corrected chi connectivity index (χ0v) is 13.9. The number of anilines is 1. The number of nitrogens with zero attached hydrogens (tertiary/aromatic N) is 1. The van der Waals surface area contributed by atoms with Gasteiger partial charge in [-0.2, -0.15) is 0 Å². The van der Waals surface area contributed by atoms with Gasteiger partial charge in [-0.3, -0.25) is 9.59 Å². The van der Waals surface area contributed by atoms with E-state index in [-0.39, 0.29) is 35.5 Å². The first kappa shape index (κ1) is 14.7. The van der Waals surface area contributed by atoms with Gasteiger partial charge in [0.05, 0.1) is 17.5 Å². The van der Waals surface area contributed by atoms with Crippen molar-refractivity contribution in [2.75, 3.05) is 4.90 Å². The van der Waals surface area contributed by atoms with E-state index in [4.69, 9.17) is 11.6 Å². The summed E-state index contributed by atoms with van der Waals surface area (Å²) in [6.45, 7) is 4.24. The minimum atomic E-state index is -0.232. The maximum Gasteiger partial charge on any atom is 0.238 e. The van der Waals surface area contributed by atoms with Crippen molar-refractivity contribution in [1.29, 1.82) is 0 Å². The van der Waals surface area contributed by atoms with E-state index in [9.17, 15) is 9.59 Å². The highest BCUT2D eigenvalue weighted by Gasteiger charge is 2.61. The molecule has 0 unspecified atom stereocenters. The summed E-state index contributed by atoms with van der Waals surface area (Å²) in [5, 5.41) is 0.596. The van der Waals surface area contributed by atoms with Gasteiger partial charge in [0.1, 0.15) is 0 Å². The van der Waals surface area contributed by atoms with Gasteiger partial charge in [-0.1, -0.05) is 41.8 Å². The van der Waals surface area contributed by atoms with Crippen LogP contribution in [0.25, 0.3) is 0 Å². The Morgan fingerprint density at radius 1 is 1.04 bits per heavy atom. The summed E-state index contributed by atoms with van der Waals surface area (Å²) in [7, 11) is 0. The third-order valence-electron chi connectivity index (χ3n) is 5.52. The second-order valence-electron chi connectivity index (χ2n) is 6.57. The third kappa shape index (κ3) is 1.89. The van der Waals surface area contributed by atoms with Crippen LogP contribution in [0.5, 0.6) is 0 Å². The lowest BCUT2D eigenvalue weighted by Crippen LogP contribution is -2.33. The molecule has 23 heavy (non-hydrogen) atoms. The number of imide groups is 1. The third-order valence-corrected chi connectivity index (χ3v) is 5.78. The molecule has 0 aromatic heterocycles. The van der Waals surface area contributed by atoms with E-state index in [1.807, 2.05) is 0 Å². The molecule has 2 aliphatic carbocycles. The first-order valence-electron chi connectivity index (χ1n) is 8.05. The Hall–Kier alpha value is -1.87. The molecule has 3 aliphatic rings. The molecule has 1 saturated carbocycles. The van der Waals surface area contributed by atoms with Crippen LogP contribution in [0.2, 0.25) is 5.02 Å². The molecule has 1 aliphatic heterocycles. The Kier molecular flexibility index (Phi) is 3.24. The highest BCUT2D eigenvalue weighted by molar-refractivity contribution is 6.31. The Morgan fingerprint density at radius 2 is 1.57 bits per heavy atom. The molecule has 0 radical (unpaired) electrons. The van der Waals surface area contributed by atoms with Crippen molar-refractivity contribution >= 4 is 29.1 Å². The molecule has 3 nitrogen and oxygen atoms in total. The van der Waals surface area contributed by atoms with Crippen molar-refractivity contribution in [3.8, 4) is 0 Å². The number of halogens is 1. The second-order valence-corrected chi connectivity index (χ2v) is 7.00. The molecular formula is C19H18ClNO2. The molecule has 1 heterocycles. The fourth-order valence-electron chi connectivity index (χ4n) is 4.38. The van der Waals surface area contributed by atoms with Crippen LogP contribution in [0, 0.1) is 23.7 Å². The van der Waals surface area contributed by atoms with Crippen LogP contribution in [0.4, 0.5) is 5.69 Å². The molecule has 1 aromatic carbocycles. The summed E-state index contributed by atoms with van der Waals surface area (Å²) >= 11 is 5.91. The first-order chi connectivity index (χ1) is 11.0. The molecule has 1 aromatic rings. The Labute approximate surface area is 140 Å². The van der Waals surface area contributed by atoms with Gasteiger partial charge in [0.15, 0.2) is 0 Å². The minimum Gasteiger partial charge on any atom is -0.274 e. The number of hydrogen-bond donors (Lipinski definition) is 0. The van der Waals surface area contributed by atoms with E-state index in [2.05, 4.69) is 26.0 Å². The van der Waals surface area contributed by atoms with E-state index < -0.39 is 0 Å². The summed E-state index contributed by atoms with van der Waals surface area (Å²) in [5.41, 5.74) is 3.24. The average Bonchev–Trinajstić information content (AvgIpc) is 3.18. The molecular weight excluding hydrogens is 310 g/mol. The molecule has 118 valence electrons. The lowest BCUT2D eigenvalue weighted by molar-refractivity contribution is -0.122. The van der Waals surface area contributed by atoms with E-state index in [0.717, 1.165) is 6.42 Å². The molecule has 2 amide bonds. The monoisotopic (exact) mass is 327 g/mol. The van der Waals surface area contributed by atoms with Crippen LogP contribution >= 0.6 is 11.6 Å². The Bertz CT molecular complexity index is 728. The Balaban J connectivity index is 1.74. The van der Waals surface area contributed by atoms with Gasteiger partial charge >= 0.3 is 0 Å². The van der Waals surface area contributed by atoms with Crippen LogP contribution < -0.4 is 4.90 Å². The first-order valence-corrected chi connectivity index (χ1v) is 8.43. The lowest BCUT2D eigenvalue weighted by Gasteiger charge is -2.19. The summed E-state index contributed by atoms with van der Waals surface area (Å²) < 4.78 is 0. The van der Waals surface area contributed by atoms with E-state index in [0.29, 0.717) is 10.7 Å². The van der Waals surface area contributed by atoms with Gasteiger partial charge in [-0.25, -0.2) is 4.90 Å². The quantitative estimate of drug-likeness (QED) is 0.608. The van der Waals surface area contributed by atoms with Gasteiger partial charge < -0.3 is 0 Å². The minimum absolute atomic E-state index is 0.0689. The number of benzene rings is 1. The van der Waals surface area contributed by atoms with Crippen LogP contribution in [0.3, 0.4) is 0 Å². The van der Waals surface area contributed by atoms with Crippen molar-refractivity contribution in [2.45, 2.75) is 20.3 Å². The molecule has 0 N–H and O–H groups in total. The van der Waals surface area contributed by atoms with Gasteiger partial charge in [0, 0.05) is 16.9 Å². The number of fused-ring (bicyclic) bond motifs is 5. The molecule has 2 bridgehead atoms. The highest BCUT2D eigenvalue weighted by atomic mass is 35.5. The number of rotatable bonds is 2. The zero-order chi connectivity index (χ0) is 16.3. The topological polar surface area (TPSA) is 37.4 Å². The van der Waals surface area contributed by atoms with E-state index in [1.165, 1.54) is 16.0 Å². The summed E-state index contributed by atoms with van der Waals surface area (Å²) in [5.74, 6) is -0.409. The van der Waals surface area contributed by atoms with Gasteiger partial charge in [0.25, 0.3) is 0 Å². The number of carbonyl (C=O) groups is 2. The normalized spacial score (nSPS) is 31.3. The largest absolute Gasteiger partial charge is 0.274 e. The molecule has 4 rings (SSSR count). The molecule has 2 fully saturated rings. The molecule has 1 saturated heterocycles. The summed E-state index contributed by atoms with van der Waals surface area (Å²) in [4.78, 5) is 27.2. The lowest BCUT2D eigenvalue weighted by atomic mass is 9.85. The maximum atomic E-state index is 12.9. The van der Waals surface area contributed by atoms with E-state index in [1.54, 1.807) is 24.3 Å². The van der Waals surface area contributed by atoms with Crippen molar-refractivity contribution in [2.24, 2.45) is 23.7 Å². The number of hydrogen-bond acceptors (Lipinski definition) is 2. The smallest absolute Gasteiger partial charge is 0.238 e. The van der Waals surface area contributed by atoms with Crippen molar-refractivity contribution in [3.05, 3.63) is 52.6 Å². The second kappa shape index (κ2) is 5.07. The van der Waals surface area contributed by atoms with Gasteiger partial charge in [-0.05, 0) is 37.6 Å². The predicted octanol–water partition coefficient (Wildman–Crippen LogP) is 3.99. The SMILES string of the molecule is CCC(C)=C1[C@@H]2C=C[C@@H]1[C@H]1C(=O)N(c3ccc(Cl)cc3)C(=O)[C@@H]12. The van der Waals surface area contributed by atoms with Crippen LogP contribution in [-0.4, -0.2) is 11.8 Å². The zero-order valence-electron chi connectivity index (χ0n) is 13.1. The summed E-state index contributed by atoms with van der Waals surface area (Å²) in [6.07, 6.45) is 5.21. The van der Waals surface area contributed by atoms with Crippen LogP contribution in [0.1, 0.15) is 20.3 Å². The average molecular weight is 328 g/mol. The van der Waals surface area contributed by atoms with Crippen LogP contribution in [-0.2, 0) is 9.59 Å². The van der Waals surface area contributed by atoms with Crippen LogP contribution in [0.15, 0.2) is 47.6 Å². The molecule has 0 spiro atoms. The molecule has 4 atom stereocenters. The van der Waals surface area contributed by atoms with Gasteiger partial charge in [-0.15, -0.1) is 0 Å². The standard InChI is InChI=1S/C19H18ClNO2/c1-3-10(2)15-13-8-9-14(15)17-16(13)18(22)21(19(17)23)12-6-4-11(20)5-7-12/h4-9,13-14,16-17H,3H2,1-2H3/t13-,14-,16+,17+/m0/s1. The fraction of sp³-hybridized carbons (Fsp3) is 0.368. The number of allylic oxidation sites excluding steroid dienone is 4. The number of amides is 2. The fourth-order valence-corrected chi connectivity index (χ4v) is 4.51. The Morgan fingerprint density at radius 3 is 2.04 bits per heavy atom. The predicted molar refractivity (Wildman–Crippen MR) is 90.0 cm³/mol. The maximum absolute atomic E-state index is 12.9. The van der Waals surface area contributed by atoms with E-state index >= 15 is 0 Å². The number of carbonyl (C=O) groups excluding carboxylic acids is 2. The van der Waals surface area contributed by atoms with Crippen molar-refractivity contribution in [1.82, 2.24) is 0 Å². The van der Waals surface area contributed by atoms with Gasteiger partial charge in [0.2, 0.25) is 11.8 Å². The highest BCUT2D eigenvalue weighted by Crippen LogP contribution is 2.57. The van der Waals surface area contributed by atoms with Crippen molar-refractivity contribution < 1.29 is 9.59 Å². The van der Waals surface area contributed by atoms with Crippen molar-refractivity contribution in [3.63, 3.8) is 0 Å².